The Bertz CT molecular complexity index is 642. The van der Waals surface area contributed by atoms with Crippen molar-refractivity contribution in [3.63, 3.8) is 0 Å². The zero-order chi connectivity index (χ0) is 16.2. The second-order valence-electron chi connectivity index (χ2n) is 5.43. The summed E-state index contributed by atoms with van der Waals surface area (Å²) < 4.78 is 45.3. The number of nitrogens with two attached hydrogens (primary N) is 1. The van der Waals surface area contributed by atoms with E-state index in [-0.39, 0.29) is 12.1 Å². The molecule has 0 atom stereocenters. The predicted molar refractivity (Wildman–Crippen MR) is 78.7 cm³/mol. The number of ether oxygens (including phenoxy) is 1. The summed E-state index contributed by atoms with van der Waals surface area (Å²) in [6.07, 6.45) is 0.731. The number of sulfonamides is 1. The standard InChI is InChI=1S/C14H19FN2O4S/c15-12-4-2-1-3-11(12)9-22(19,20)17-10-14(13(16)18)5-7-21-8-6-14/h1-4,17H,5-10H2,(H2,16,18). The van der Waals surface area contributed by atoms with Gasteiger partial charge in [0, 0.05) is 25.3 Å². The molecule has 6 nitrogen and oxygen atoms in total. The molecule has 122 valence electrons. The third-order valence-corrected chi connectivity index (χ3v) is 5.18. The first-order chi connectivity index (χ1) is 10.3. The lowest BCUT2D eigenvalue weighted by molar-refractivity contribution is -0.132. The number of carbonyl (C=O) groups is 1. The molecule has 3 N–H and O–H groups in total. The molecule has 2 rings (SSSR count). The number of halogens is 1. The van der Waals surface area contributed by atoms with Gasteiger partial charge < -0.3 is 10.5 Å². The number of rotatable bonds is 6. The average molecular weight is 330 g/mol. The van der Waals surface area contributed by atoms with Crippen molar-refractivity contribution < 1.29 is 22.3 Å². The maximum Gasteiger partial charge on any atom is 0.225 e. The van der Waals surface area contributed by atoms with Crippen molar-refractivity contribution in [3.8, 4) is 0 Å². The van der Waals surface area contributed by atoms with E-state index < -0.39 is 32.9 Å². The summed E-state index contributed by atoms with van der Waals surface area (Å²) in [5, 5.41) is 0. The van der Waals surface area contributed by atoms with Crippen LogP contribution in [0.1, 0.15) is 18.4 Å². The van der Waals surface area contributed by atoms with Crippen molar-refractivity contribution in [2.45, 2.75) is 18.6 Å². The number of primary amides is 1. The van der Waals surface area contributed by atoms with E-state index in [2.05, 4.69) is 4.72 Å². The Balaban J connectivity index is 2.05. The first-order valence-electron chi connectivity index (χ1n) is 6.93. The molecule has 0 bridgehead atoms. The Kier molecular flexibility index (Phi) is 5.15. The predicted octanol–water partition coefficient (Wildman–Crippen LogP) is 0.527. The summed E-state index contributed by atoms with van der Waals surface area (Å²) in [6, 6.07) is 5.67. The molecule has 1 aromatic rings. The quantitative estimate of drug-likeness (QED) is 0.795. The molecule has 8 heteroatoms. The maximum absolute atomic E-state index is 13.5. The second-order valence-corrected chi connectivity index (χ2v) is 7.24. The van der Waals surface area contributed by atoms with Gasteiger partial charge in [0.1, 0.15) is 5.82 Å². The van der Waals surface area contributed by atoms with Crippen molar-refractivity contribution in [2.24, 2.45) is 11.1 Å². The fourth-order valence-electron chi connectivity index (χ4n) is 2.39. The van der Waals surface area contributed by atoms with Crippen LogP contribution >= 0.6 is 0 Å². The summed E-state index contributed by atoms with van der Waals surface area (Å²) in [5.74, 6) is -1.61. The van der Waals surface area contributed by atoms with Crippen LogP contribution in [0.25, 0.3) is 0 Å². The van der Waals surface area contributed by atoms with Crippen molar-refractivity contribution in [1.82, 2.24) is 4.72 Å². The summed E-state index contributed by atoms with van der Waals surface area (Å²) in [6.45, 7) is 0.623. The lowest BCUT2D eigenvalue weighted by Crippen LogP contribution is -2.49. The van der Waals surface area contributed by atoms with E-state index in [1.54, 1.807) is 6.07 Å². The number of hydrogen-bond acceptors (Lipinski definition) is 4. The van der Waals surface area contributed by atoms with Crippen LogP contribution in [-0.4, -0.2) is 34.1 Å². The van der Waals surface area contributed by atoms with Crippen LogP contribution in [0.5, 0.6) is 0 Å². The Hall–Kier alpha value is -1.51. The number of carbonyl (C=O) groups excluding carboxylic acids is 1. The van der Waals surface area contributed by atoms with Gasteiger partial charge in [-0.2, -0.15) is 0 Å². The Morgan fingerprint density at radius 2 is 1.95 bits per heavy atom. The lowest BCUT2D eigenvalue weighted by atomic mass is 9.80. The van der Waals surface area contributed by atoms with Gasteiger partial charge in [-0.25, -0.2) is 17.5 Å². The fourth-order valence-corrected chi connectivity index (χ4v) is 3.63. The van der Waals surface area contributed by atoms with Gasteiger partial charge in [-0.3, -0.25) is 4.79 Å². The third kappa shape index (κ3) is 4.02. The Labute approximate surface area is 128 Å². The van der Waals surface area contributed by atoms with Gasteiger partial charge in [-0.05, 0) is 18.9 Å². The van der Waals surface area contributed by atoms with Crippen LogP contribution < -0.4 is 10.5 Å². The molecule has 1 saturated heterocycles. The zero-order valence-corrected chi connectivity index (χ0v) is 12.9. The van der Waals surface area contributed by atoms with E-state index in [1.807, 2.05) is 0 Å². The van der Waals surface area contributed by atoms with E-state index >= 15 is 0 Å². The van der Waals surface area contributed by atoms with Gasteiger partial charge in [-0.1, -0.05) is 18.2 Å². The number of benzene rings is 1. The van der Waals surface area contributed by atoms with E-state index in [0.717, 1.165) is 0 Å². The molecule has 0 aromatic heterocycles. The van der Waals surface area contributed by atoms with Gasteiger partial charge >= 0.3 is 0 Å². The highest BCUT2D eigenvalue weighted by Crippen LogP contribution is 2.29. The largest absolute Gasteiger partial charge is 0.381 e. The van der Waals surface area contributed by atoms with Crippen LogP contribution in [0.2, 0.25) is 0 Å². The lowest BCUT2D eigenvalue weighted by Gasteiger charge is -2.34. The molecule has 22 heavy (non-hydrogen) atoms. The number of hydrogen-bond donors (Lipinski definition) is 2. The molecule has 1 fully saturated rings. The fraction of sp³-hybridized carbons (Fsp3) is 0.500. The normalized spacial score (nSPS) is 18.0. The minimum absolute atomic E-state index is 0.0788. The smallest absolute Gasteiger partial charge is 0.225 e. The van der Waals surface area contributed by atoms with Crippen molar-refractivity contribution in [2.75, 3.05) is 19.8 Å². The molecule has 0 aliphatic carbocycles. The number of nitrogens with one attached hydrogen (secondary N) is 1. The molecule has 0 radical (unpaired) electrons. The van der Waals surface area contributed by atoms with Gasteiger partial charge in [-0.15, -0.1) is 0 Å². The molecule has 1 heterocycles. The zero-order valence-electron chi connectivity index (χ0n) is 12.0. The van der Waals surface area contributed by atoms with Crippen molar-refractivity contribution >= 4 is 15.9 Å². The number of amides is 1. The summed E-state index contributed by atoms with van der Waals surface area (Å²) in [4.78, 5) is 11.7. The average Bonchev–Trinajstić information content (AvgIpc) is 2.48. The maximum atomic E-state index is 13.5. The third-order valence-electron chi connectivity index (χ3n) is 3.91. The van der Waals surface area contributed by atoms with Crippen LogP contribution in [0.4, 0.5) is 4.39 Å². The van der Waals surface area contributed by atoms with Crippen LogP contribution in [-0.2, 0) is 25.3 Å². The Morgan fingerprint density at radius 3 is 2.55 bits per heavy atom. The minimum Gasteiger partial charge on any atom is -0.381 e. The molecule has 0 unspecified atom stereocenters. The second kappa shape index (κ2) is 6.72. The van der Waals surface area contributed by atoms with Gasteiger partial charge in [0.25, 0.3) is 0 Å². The summed E-state index contributed by atoms with van der Waals surface area (Å²) in [7, 11) is -3.77. The highest BCUT2D eigenvalue weighted by molar-refractivity contribution is 7.88. The Morgan fingerprint density at radius 1 is 1.32 bits per heavy atom. The molecule has 1 amide bonds. The molecule has 1 aliphatic heterocycles. The molecule has 0 spiro atoms. The SMILES string of the molecule is NC(=O)C1(CNS(=O)(=O)Cc2ccccc2F)CCOCC1. The molecule has 1 aromatic carbocycles. The first-order valence-corrected chi connectivity index (χ1v) is 8.58. The highest BCUT2D eigenvalue weighted by atomic mass is 32.2. The molecular formula is C14H19FN2O4S. The van der Waals surface area contributed by atoms with Crippen LogP contribution in [0.15, 0.2) is 24.3 Å². The van der Waals surface area contributed by atoms with Crippen LogP contribution in [0.3, 0.4) is 0 Å². The van der Waals surface area contributed by atoms with E-state index in [4.69, 9.17) is 10.5 Å². The van der Waals surface area contributed by atoms with Gasteiger partial charge in [0.2, 0.25) is 15.9 Å². The highest BCUT2D eigenvalue weighted by Gasteiger charge is 2.39. The van der Waals surface area contributed by atoms with E-state index in [9.17, 15) is 17.6 Å². The van der Waals surface area contributed by atoms with Crippen molar-refractivity contribution in [3.05, 3.63) is 35.6 Å². The summed E-state index contributed by atoms with van der Waals surface area (Å²) >= 11 is 0. The van der Waals surface area contributed by atoms with Crippen molar-refractivity contribution in [1.29, 1.82) is 0 Å². The van der Waals surface area contributed by atoms with Gasteiger partial charge in [0.05, 0.1) is 11.2 Å². The van der Waals surface area contributed by atoms with E-state index in [1.165, 1.54) is 18.2 Å². The summed E-state index contributed by atoms with van der Waals surface area (Å²) in [5.41, 5.74) is 4.55. The first kappa shape index (κ1) is 16.9. The molecule has 0 saturated carbocycles. The van der Waals surface area contributed by atoms with E-state index in [0.29, 0.717) is 26.1 Å². The molecular weight excluding hydrogens is 311 g/mol. The molecule has 1 aliphatic rings. The monoisotopic (exact) mass is 330 g/mol. The topological polar surface area (TPSA) is 98.5 Å². The van der Waals surface area contributed by atoms with Crippen LogP contribution in [0, 0.1) is 11.2 Å². The minimum atomic E-state index is -3.77. The van der Waals surface area contributed by atoms with Gasteiger partial charge in [0.15, 0.2) is 0 Å².